The van der Waals surface area contributed by atoms with E-state index in [0.29, 0.717) is 37.3 Å². The first-order valence-corrected chi connectivity index (χ1v) is 12.1. The van der Waals surface area contributed by atoms with Crippen LogP contribution < -0.4 is 0 Å². The van der Waals surface area contributed by atoms with Crippen LogP contribution in [-0.4, -0.2) is 54.9 Å². The lowest BCUT2D eigenvalue weighted by molar-refractivity contribution is -0.130. The van der Waals surface area contributed by atoms with Gasteiger partial charge in [-0.15, -0.1) is 0 Å². The molecule has 2 aromatic carbocycles. The van der Waals surface area contributed by atoms with E-state index < -0.39 is 0 Å². The van der Waals surface area contributed by atoms with Gasteiger partial charge in [-0.2, -0.15) is 11.8 Å². The van der Waals surface area contributed by atoms with Gasteiger partial charge in [0.15, 0.2) is 5.78 Å². The number of nitrogens with zero attached hydrogens (tertiary/aromatic N) is 1. The average molecular weight is 450 g/mol. The van der Waals surface area contributed by atoms with Gasteiger partial charge < -0.3 is 9.64 Å². The number of likely N-dealkylation sites (tertiary alicyclic amines) is 1. The number of carbonyl (C=O) groups is 2. The number of amides is 1. The van der Waals surface area contributed by atoms with Gasteiger partial charge in [0.25, 0.3) is 0 Å². The zero-order chi connectivity index (χ0) is 22.9. The van der Waals surface area contributed by atoms with Crippen molar-refractivity contribution in [2.24, 2.45) is 0 Å². The van der Waals surface area contributed by atoms with Gasteiger partial charge in [-0.3, -0.25) is 9.59 Å². The van der Waals surface area contributed by atoms with Crippen molar-refractivity contribution < 1.29 is 14.3 Å². The van der Waals surface area contributed by atoms with Crippen LogP contribution in [0.15, 0.2) is 59.7 Å². The Kier molecular flexibility index (Phi) is 8.89. The molecule has 0 unspecified atom stereocenters. The Labute approximate surface area is 195 Å². The van der Waals surface area contributed by atoms with Gasteiger partial charge in [-0.1, -0.05) is 59.7 Å². The molecule has 0 saturated carbocycles. The predicted molar refractivity (Wildman–Crippen MR) is 134 cm³/mol. The third-order valence-electron chi connectivity index (χ3n) is 5.39. The van der Waals surface area contributed by atoms with Crippen LogP contribution in [0.5, 0.6) is 0 Å². The Morgan fingerprint density at radius 3 is 1.88 bits per heavy atom. The van der Waals surface area contributed by atoms with Crippen LogP contribution in [0, 0.1) is 13.8 Å². The summed E-state index contributed by atoms with van der Waals surface area (Å²) in [5.74, 6) is 1.72. The molecule has 1 amide bonds. The number of methoxy groups -OCH3 is 1. The normalized spacial score (nSPS) is 16.7. The highest BCUT2D eigenvalue weighted by molar-refractivity contribution is 7.99. The van der Waals surface area contributed by atoms with Gasteiger partial charge in [-0.05, 0) is 37.1 Å². The van der Waals surface area contributed by atoms with E-state index in [2.05, 4.69) is 0 Å². The number of carbonyl (C=O) groups excluding carboxylic acids is 2. The number of piperidine rings is 1. The van der Waals surface area contributed by atoms with Crippen molar-refractivity contribution in [1.29, 1.82) is 0 Å². The molecule has 32 heavy (non-hydrogen) atoms. The molecule has 2 aromatic rings. The van der Waals surface area contributed by atoms with Crippen LogP contribution in [-0.2, 0) is 14.3 Å². The van der Waals surface area contributed by atoms with E-state index in [1.54, 1.807) is 23.8 Å². The Balaban J connectivity index is 1.82. The van der Waals surface area contributed by atoms with E-state index in [0.717, 1.165) is 22.6 Å². The molecule has 0 radical (unpaired) electrons. The molecule has 0 aromatic heterocycles. The van der Waals surface area contributed by atoms with E-state index in [1.165, 1.54) is 11.1 Å². The molecule has 0 N–H and O–H groups in total. The number of hydrogen-bond donors (Lipinski definition) is 0. The number of hydrogen-bond acceptors (Lipinski definition) is 4. The summed E-state index contributed by atoms with van der Waals surface area (Å²) in [4.78, 5) is 28.0. The van der Waals surface area contributed by atoms with E-state index in [-0.39, 0.29) is 11.7 Å². The number of benzene rings is 2. The number of ether oxygens (including phenoxy) is 1. The number of thioether (sulfide) groups is 1. The lowest BCUT2D eigenvalue weighted by atomic mass is 9.93. The maximum Gasteiger partial charge on any atom is 0.224 e. The lowest BCUT2D eigenvalue weighted by Gasteiger charge is -2.30. The maximum absolute atomic E-state index is 13.3. The zero-order valence-electron chi connectivity index (χ0n) is 19.1. The number of Topliss-reactive ketones (excluding diaryl/α,β-unsaturated/α-hetero) is 1. The molecule has 0 bridgehead atoms. The number of aryl methyl sites for hydroxylation is 2. The average Bonchev–Trinajstić information content (AvgIpc) is 2.79. The Morgan fingerprint density at radius 1 is 0.906 bits per heavy atom. The van der Waals surface area contributed by atoms with Gasteiger partial charge in [0, 0.05) is 49.3 Å². The van der Waals surface area contributed by atoms with Crippen LogP contribution in [0.3, 0.4) is 0 Å². The summed E-state index contributed by atoms with van der Waals surface area (Å²) in [6, 6.07) is 16.1. The van der Waals surface area contributed by atoms with Gasteiger partial charge in [0.05, 0.1) is 6.61 Å². The number of rotatable bonds is 8. The second-order valence-corrected chi connectivity index (χ2v) is 9.32. The molecular formula is C27H31NO3S. The fourth-order valence-corrected chi connectivity index (χ4v) is 4.31. The predicted octanol–water partition coefficient (Wildman–Crippen LogP) is 4.95. The summed E-state index contributed by atoms with van der Waals surface area (Å²) in [5.41, 5.74) is 5.59. The highest BCUT2D eigenvalue weighted by atomic mass is 32.2. The molecule has 5 heteroatoms. The third kappa shape index (κ3) is 6.94. The van der Waals surface area contributed by atoms with Gasteiger partial charge in [-0.25, -0.2) is 0 Å². The topological polar surface area (TPSA) is 46.6 Å². The van der Waals surface area contributed by atoms with Crippen molar-refractivity contribution in [3.63, 3.8) is 0 Å². The molecule has 168 valence electrons. The zero-order valence-corrected chi connectivity index (χ0v) is 19.9. The van der Waals surface area contributed by atoms with Crippen molar-refractivity contribution >= 4 is 35.6 Å². The Morgan fingerprint density at radius 2 is 1.41 bits per heavy atom. The van der Waals surface area contributed by atoms with E-state index >= 15 is 0 Å². The van der Waals surface area contributed by atoms with E-state index in [1.807, 2.05) is 74.5 Å². The Hall–Kier alpha value is -2.63. The summed E-state index contributed by atoms with van der Waals surface area (Å²) < 4.78 is 5.06. The standard InChI is InChI=1S/C27H31NO3S/c1-20-4-8-22(9-5-20)16-24-18-28(26(29)12-14-32-15-13-31-3)19-25(27(24)30)17-23-10-6-21(2)7-11-23/h4-11,16-17H,12-15,18-19H2,1-3H3/b24-16+,25-17+. The quantitative estimate of drug-likeness (QED) is 0.423. The minimum atomic E-state index is 0.0182. The first kappa shape index (κ1) is 24.0. The minimum absolute atomic E-state index is 0.0182. The van der Waals surface area contributed by atoms with Crippen molar-refractivity contribution in [2.75, 3.05) is 38.3 Å². The summed E-state index contributed by atoms with van der Waals surface area (Å²) in [5, 5.41) is 0. The molecule has 1 aliphatic heterocycles. The highest BCUT2D eigenvalue weighted by Crippen LogP contribution is 2.23. The van der Waals surface area contributed by atoms with Crippen LogP contribution in [0.2, 0.25) is 0 Å². The largest absolute Gasteiger partial charge is 0.384 e. The highest BCUT2D eigenvalue weighted by Gasteiger charge is 2.28. The minimum Gasteiger partial charge on any atom is -0.384 e. The third-order valence-corrected chi connectivity index (χ3v) is 6.34. The lowest BCUT2D eigenvalue weighted by Crippen LogP contribution is -2.41. The summed E-state index contributed by atoms with van der Waals surface area (Å²) in [6.45, 7) is 5.45. The first-order chi connectivity index (χ1) is 15.5. The smallest absolute Gasteiger partial charge is 0.224 e. The molecule has 0 spiro atoms. The molecule has 1 saturated heterocycles. The molecule has 3 rings (SSSR count). The molecule has 4 nitrogen and oxygen atoms in total. The summed E-state index contributed by atoms with van der Waals surface area (Å²) >= 11 is 1.71. The summed E-state index contributed by atoms with van der Waals surface area (Å²) in [6.07, 6.45) is 4.28. The molecule has 0 atom stereocenters. The summed E-state index contributed by atoms with van der Waals surface area (Å²) in [7, 11) is 1.68. The molecular weight excluding hydrogens is 418 g/mol. The molecule has 1 aliphatic rings. The monoisotopic (exact) mass is 449 g/mol. The van der Waals surface area contributed by atoms with Gasteiger partial charge in [0.1, 0.15) is 0 Å². The van der Waals surface area contributed by atoms with Crippen molar-refractivity contribution in [3.05, 3.63) is 81.9 Å². The maximum atomic E-state index is 13.3. The first-order valence-electron chi connectivity index (χ1n) is 10.9. The molecule has 0 aliphatic carbocycles. The van der Waals surface area contributed by atoms with Gasteiger partial charge >= 0.3 is 0 Å². The second-order valence-electron chi connectivity index (χ2n) is 8.09. The van der Waals surface area contributed by atoms with Crippen molar-refractivity contribution in [3.8, 4) is 0 Å². The number of ketones is 1. The van der Waals surface area contributed by atoms with Crippen LogP contribution in [0.1, 0.15) is 28.7 Å². The van der Waals surface area contributed by atoms with Crippen LogP contribution >= 0.6 is 11.8 Å². The second kappa shape index (κ2) is 11.8. The SMILES string of the molecule is COCCSCCC(=O)N1C/C(=C\c2ccc(C)cc2)C(=O)/C(=C/c2ccc(C)cc2)C1. The van der Waals surface area contributed by atoms with Crippen LogP contribution in [0.25, 0.3) is 12.2 Å². The van der Waals surface area contributed by atoms with Crippen LogP contribution in [0.4, 0.5) is 0 Å². The molecule has 1 fully saturated rings. The Bertz CT molecular complexity index is 923. The van der Waals surface area contributed by atoms with Crippen molar-refractivity contribution in [1.82, 2.24) is 4.90 Å². The van der Waals surface area contributed by atoms with E-state index in [4.69, 9.17) is 4.74 Å². The molecule has 1 heterocycles. The van der Waals surface area contributed by atoms with Gasteiger partial charge in [0.2, 0.25) is 5.91 Å². The van der Waals surface area contributed by atoms with E-state index in [9.17, 15) is 9.59 Å². The fraction of sp³-hybridized carbons (Fsp3) is 0.333. The fourth-order valence-electron chi connectivity index (χ4n) is 3.51. The van der Waals surface area contributed by atoms with Crippen molar-refractivity contribution in [2.45, 2.75) is 20.3 Å².